The van der Waals surface area contributed by atoms with Crippen LogP contribution in [0.15, 0.2) is 84.9 Å². The van der Waals surface area contributed by atoms with Gasteiger partial charge >= 0.3 is 5.97 Å². The summed E-state index contributed by atoms with van der Waals surface area (Å²) in [6.07, 6.45) is 0.334. The van der Waals surface area contributed by atoms with E-state index in [1.165, 1.54) is 0 Å². The highest BCUT2D eigenvalue weighted by molar-refractivity contribution is 5.96. The van der Waals surface area contributed by atoms with Crippen LogP contribution in [0.25, 0.3) is 0 Å². The van der Waals surface area contributed by atoms with Gasteiger partial charge in [0.25, 0.3) is 0 Å². The highest BCUT2D eigenvalue weighted by atomic mass is 16.4. The van der Waals surface area contributed by atoms with Gasteiger partial charge in [0, 0.05) is 17.9 Å². The number of hydrogen-bond donors (Lipinski definition) is 1. The fraction of sp³-hybridized carbons (Fsp3) is 0.0909. The van der Waals surface area contributed by atoms with Gasteiger partial charge in [-0.1, -0.05) is 72.8 Å². The van der Waals surface area contributed by atoms with E-state index < -0.39 is 5.97 Å². The molecule has 3 aromatic rings. The summed E-state index contributed by atoms with van der Waals surface area (Å²) in [5, 5.41) is 9.07. The average Bonchev–Trinajstić information content (AvgIpc) is 2.67. The van der Waals surface area contributed by atoms with Crippen molar-refractivity contribution >= 4 is 11.8 Å². The zero-order chi connectivity index (χ0) is 17.6. The zero-order valence-corrected chi connectivity index (χ0v) is 13.6. The summed E-state index contributed by atoms with van der Waals surface area (Å²) >= 11 is 0. The number of hydrogen-bond acceptors (Lipinski definition) is 2. The Hall–Kier alpha value is -3.20. The molecule has 3 rings (SSSR count). The molecule has 0 aliphatic heterocycles. The largest absolute Gasteiger partial charge is 0.478 e. The Morgan fingerprint density at radius 1 is 0.680 bits per heavy atom. The molecule has 3 aromatic carbocycles. The van der Waals surface area contributed by atoms with Crippen molar-refractivity contribution in [1.29, 1.82) is 0 Å². The molecule has 0 heterocycles. The van der Waals surface area contributed by atoms with Gasteiger partial charge < -0.3 is 5.11 Å². The topological polar surface area (TPSA) is 54.4 Å². The number of Topliss-reactive ketones (excluding diaryl/α,β-unsaturated/α-hetero) is 1. The number of carboxylic acids is 1. The Bertz CT molecular complexity index is 853. The Balaban J connectivity index is 1.93. The van der Waals surface area contributed by atoms with Crippen LogP contribution in [0, 0.1) is 0 Å². The molecule has 0 fully saturated rings. The molecule has 124 valence electrons. The standard InChI is InChI=1S/C22H18O3/c23-21(18-9-5-2-6-10-18)15-20(16-7-3-1-4-8-16)17-11-13-19(14-12-17)22(24)25/h1-14,20H,15H2,(H,24,25). The molecule has 3 heteroatoms. The third kappa shape index (κ3) is 4.01. The van der Waals surface area contributed by atoms with Crippen LogP contribution in [0.1, 0.15) is 44.2 Å². The monoisotopic (exact) mass is 330 g/mol. The molecule has 0 bridgehead atoms. The first-order valence-electron chi connectivity index (χ1n) is 8.11. The van der Waals surface area contributed by atoms with Crippen molar-refractivity contribution in [2.24, 2.45) is 0 Å². The van der Waals surface area contributed by atoms with Gasteiger partial charge in [0.2, 0.25) is 0 Å². The first-order chi connectivity index (χ1) is 12.1. The van der Waals surface area contributed by atoms with Crippen molar-refractivity contribution in [2.45, 2.75) is 12.3 Å². The van der Waals surface area contributed by atoms with Gasteiger partial charge in [0.15, 0.2) is 5.78 Å². The van der Waals surface area contributed by atoms with E-state index in [4.69, 9.17) is 5.11 Å². The van der Waals surface area contributed by atoms with Crippen molar-refractivity contribution in [1.82, 2.24) is 0 Å². The Kier molecular flexibility index (Phi) is 5.05. The molecule has 0 saturated heterocycles. The van der Waals surface area contributed by atoms with Gasteiger partial charge in [0.1, 0.15) is 0 Å². The number of carboxylic acid groups (broad SMARTS) is 1. The average molecular weight is 330 g/mol. The third-order valence-electron chi connectivity index (χ3n) is 4.25. The molecular weight excluding hydrogens is 312 g/mol. The van der Waals surface area contributed by atoms with Gasteiger partial charge in [-0.2, -0.15) is 0 Å². The lowest BCUT2D eigenvalue weighted by molar-refractivity contribution is 0.0696. The van der Waals surface area contributed by atoms with E-state index in [9.17, 15) is 9.59 Å². The summed E-state index contributed by atoms with van der Waals surface area (Å²) < 4.78 is 0. The van der Waals surface area contributed by atoms with Gasteiger partial charge in [-0.3, -0.25) is 4.79 Å². The molecule has 0 radical (unpaired) electrons. The molecule has 0 spiro atoms. The number of benzene rings is 3. The lowest BCUT2D eigenvalue weighted by atomic mass is 9.85. The van der Waals surface area contributed by atoms with Crippen LogP contribution in [0.4, 0.5) is 0 Å². The lowest BCUT2D eigenvalue weighted by Crippen LogP contribution is -2.09. The maximum absolute atomic E-state index is 12.7. The maximum Gasteiger partial charge on any atom is 0.335 e. The SMILES string of the molecule is O=C(O)c1ccc(C(CC(=O)c2ccccc2)c2ccccc2)cc1. The van der Waals surface area contributed by atoms with Gasteiger partial charge in [-0.05, 0) is 23.3 Å². The lowest BCUT2D eigenvalue weighted by Gasteiger charge is -2.18. The molecule has 0 aromatic heterocycles. The Labute approximate surface area is 146 Å². The second kappa shape index (κ2) is 7.58. The molecule has 0 aliphatic rings. The van der Waals surface area contributed by atoms with Crippen molar-refractivity contribution in [3.05, 3.63) is 107 Å². The Morgan fingerprint density at radius 2 is 1.20 bits per heavy atom. The van der Waals surface area contributed by atoms with E-state index >= 15 is 0 Å². The predicted octanol–water partition coefficient (Wildman–Crippen LogP) is 4.79. The normalized spacial score (nSPS) is 11.7. The van der Waals surface area contributed by atoms with Crippen molar-refractivity contribution in [2.75, 3.05) is 0 Å². The smallest absolute Gasteiger partial charge is 0.335 e. The van der Waals surface area contributed by atoms with E-state index in [0.717, 1.165) is 11.1 Å². The van der Waals surface area contributed by atoms with E-state index in [1.54, 1.807) is 24.3 Å². The fourth-order valence-electron chi connectivity index (χ4n) is 2.90. The van der Waals surface area contributed by atoms with Crippen LogP contribution in [-0.2, 0) is 0 Å². The quantitative estimate of drug-likeness (QED) is 0.661. The summed E-state index contributed by atoms with van der Waals surface area (Å²) in [7, 11) is 0. The molecule has 1 unspecified atom stereocenters. The maximum atomic E-state index is 12.7. The van der Waals surface area contributed by atoms with Crippen LogP contribution < -0.4 is 0 Å². The Morgan fingerprint density at radius 3 is 1.76 bits per heavy atom. The van der Waals surface area contributed by atoms with Crippen molar-refractivity contribution < 1.29 is 14.7 Å². The number of aromatic carboxylic acids is 1. The summed E-state index contributed by atoms with van der Waals surface area (Å²) in [6, 6.07) is 25.8. The summed E-state index contributed by atoms with van der Waals surface area (Å²) in [5.74, 6) is -1.00. The summed E-state index contributed by atoms with van der Waals surface area (Å²) in [6.45, 7) is 0. The van der Waals surface area contributed by atoms with E-state index in [2.05, 4.69) is 0 Å². The van der Waals surface area contributed by atoms with Crippen molar-refractivity contribution in [3.8, 4) is 0 Å². The third-order valence-corrected chi connectivity index (χ3v) is 4.25. The summed E-state index contributed by atoms with van der Waals surface area (Å²) in [5.41, 5.74) is 2.89. The van der Waals surface area contributed by atoms with Crippen LogP contribution in [0.3, 0.4) is 0 Å². The molecule has 1 atom stereocenters. The van der Waals surface area contributed by atoms with Gasteiger partial charge in [0.05, 0.1) is 5.56 Å². The van der Waals surface area contributed by atoms with E-state index in [1.807, 2.05) is 60.7 Å². The van der Waals surface area contributed by atoms with Gasteiger partial charge in [-0.15, -0.1) is 0 Å². The molecule has 0 saturated carbocycles. The van der Waals surface area contributed by atoms with Crippen molar-refractivity contribution in [3.63, 3.8) is 0 Å². The first kappa shape index (κ1) is 16.7. The van der Waals surface area contributed by atoms with Crippen LogP contribution in [0.5, 0.6) is 0 Å². The minimum Gasteiger partial charge on any atom is -0.478 e. The molecule has 3 nitrogen and oxygen atoms in total. The predicted molar refractivity (Wildman–Crippen MR) is 97.1 cm³/mol. The number of rotatable bonds is 6. The van der Waals surface area contributed by atoms with Crippen LogP contribution in [-0.4, -0.2) is 16.9 Å². The molecule has 0 amide bonds. The van der Waals surface area contributed by atoms with Crippen LogP contribution in [0.2, 0.25) is 0 Å². The minimum absolute atomic E-state index is 0.0664. The second-order valence-corrected chi connectivity index (χ2v) is 5.88. The van der Waals surface area contributed by atoms with E-state index in [0.29, 0.717) is 12.0 Å². The highest BCUT2D eigenvalue weighted by Gasteiger charge is 2.19. The first-order valence-corrected chi connectivity index (χ1v) is 8.11. The number of carbonyl (C=O) groups excluding carboxylic acids is 1. The van der Waals surface area contributed by atoms with Gasteiger partial charge in [-0.25, -0.2) is 4.79 Å². The minimum atomic E-state index is -0.955. The second-order valence-electron chi connectivity index (χ2n) is 5.88. The molecule has 0 aliphatic carbocycles. The summed E-state index contributed by atoms with van der Waals surface area (Å²) in [4.78, 5) is 23.7. The number of carbonyl (C=O) groups is 2. The molecular formula is C22H18O3. The molecule has 1 N–H and O–H groups in total. The van der Waals surface area contributed by atoms with Crippen LogP contribution >= 0.6 is 0 Å². The number of ketones is 1. The van der Waals surface area contributed by atoms with E-state index in [-0.39, 0.29) is 17.3 Å². The zero-order valence-electron chi connectivity index (χ0n) is 13.6. The fourth-order valence-corrected chi connectivity index (χ4v) is 2.90. The highest BCUT2D eigenvalue weighted by Crippen LogP contribution is 2.29. The molecule has 25 heavy (non-hydrogen) atoms.